The first-order chi connectivity index (χ1) is 11.1. The molecule has 130 valence electrons. The molecule has 0 radical (unpaired) electrons. The van der Waals surface area contributed by atoms with Gasteiger partial charge in [0.05, 0.1) is 17.3 Å². The first-order valence-electron chi connectivity index (χ1n) is 7.27. The number of carbonyl (C=O) groups excluding carboxylic acids is 1. The summed E-state index contributed by atoms with van der Waals surface area (Å²) in [5.74, 6) is -0.303. The highest BCUT2D eigenvalue weighted by atomic mass is 35.5. The van der Waals surface area contributed by atoms with E-state index in [4.69, 9.17) is 11.6 Å². The van der Waals surface area contributed by atoms with Gasteiger partial charge >= 0.3 is 6.18 Å². The van der Waals surface area contributed by atoms with Gasteiger partial charge in [-0.1, -0.05) is 23.7 Å². The summed E-state index contributed by atoms with van der Waals surface area (Å²) in [4.78, 5) is 12.0. The van der Waals surface area contributed by atoms with Crippen LogP contribution < -0.4 is 5.32 Å². The summed E-state index contributed by atoms with van der Waals surface area (Å²) in [6, 6.07) is 5.65. The minimum absolute atomic E-state index is 0.0104. The van der Waals surface area contributed by atoms with Crippen LogP contribution in [0.2, 0.25) is 5.02 Å². The molecule has 0 aliphatic heterocycles. The average Bonchev–Trinajstić information content (AvgIpc) is 2.77. The predicted molar refractivity (Wildman–Crippen MR) is 86.1 cm³/mol. The number of benzene rings is 1. The van der Waals surface area contributed by atoms with Crippen molar-refractivity contribution in [2.45, 2.75) is 39.9 Å². The molecule has 2 aromatic rings. The molecular formula is C16H17ClF3N3O. The second kappa shape index (κ2) is 6.84. The number of carbonyl (C=O) groups is 1. The van der Waals surface area contributed by atoms with Crippen molar-refractivity contribution in [1.29, 1.82) is 0 Å². The molecule has 0 spiro atoms. The molecule has 0 saturated heterocycles. The largest absolute Gasteiger partial charge is 0.436 e. The Balaban J connectivity index is 2.06. The van der Waals surface area contributed by atoms with Gasteiger partial charge in [-0.15, -0.1) is 0 Å². The van der Waals surface area contributed by atoms with Crippen molar-refractivity contribution in [2.75, 3.05) is 5.32 Å². The number of alkyl halides is 3. The number of amides is 1. The third kappa shape index (κ3) is 4.08. The summed E-state index contributed by atoms with van der Waals surface area (Å²) < 4.78 is 39.4. The van der Waals surface area contributed by atoms with Crippen molar-refractivity contribution in [3.63, 3.8) is 0 Å². The Hall–Kier alpha value is -2.02. The third-order valence-electron chi connectivity index (χ3n) is 3.62. The van der Waals surface area contributed by atoms with Crippen LogP contribution in [0.25, 0.3) is 0 Å². The number of aryl methyl sites for hydroxylation is 3. The lowest BCUT2D eigenvalue weighted by atomic mass is 10.1. The quantitative estimate of drug-likeness (QED) is 0.873. The molecule has 4 nitrogen and oxygen atoms in total. The number of nitrogens with one attached hydrogen (secondary N) is 1. The van der Waals surface area contributed by atoms with E-state index in [1.165, 1.54) is 6.92 Å². The maximum atomic E-state index is 12.8. The normalized spacial score (nSPS) is 11.6. The highest BCUT2D eigenvalue weighted by Gasteiger charge is 2.38. The molecule has 1 aromatic carbocycles. The molecule has 0 fully saturated rings. The van der Waals surface area contributed by atoms with E-state index in [-0.39, 0.29) is 24.6 Å². The summed E-state index contributed by atoms with van der Waals surface area (Å²) in [5.41, 5.74) is 1.65. The topological polar surface area (TPSA) is 46.9 Å². The minimum Gasteiger partial charge on any atom is -0.326 e. The van der Waals surface area contributed by atoms with E-state index in [9.17, 15) is 18.0 Å². The van der Waals surface area contributed by atoms with E-state index in [0.717, 1.165) is 15.8 Å². The van der Waals surface area contributed by atoms with Gasteiger partial charge in [0.15, 0.2) is 5.69 Å². The Bertz CT molecular complexity index is 769. The lowest BCUT2D eigenvalue weighted by Gasteiger charge is -2.10. The molecule has 0 saturated carbocycles. The van der Waals surface area contributed by atoms with Gasteiger partial charge in [-0.2, -0.15) is 18.3 Å². The molecular weight excluding hydrogens is 343 g/mol. The fourth-order valence-corrected chi connectivity index (χ4v) is 2.46. The van der Waals surface area contributed by atoms with Crippen molar-refractivity contribution in [1.82, 2.24) is 9.78 Å². The van der Waals surface area contributed by atoms with E-state index in [1.54, 1.807) is 0 Å². The number of anilines is 1. The number of halogens is 4. The molecule has 1 amide bonds. The SMILES string of the molecule is Cc1ccc(C)c(NC(=O)CCn2nc(C(F)(F)F)c(Cl)c2C)c1. The Morgan fingerprint density at radius 1 is 1.29 bits per heavy atom. The van der Waals surface area contributed by atoms with E-state index in [0.29, 0.717) is 5.69 Å². The zero-order chi connectivity index (χ0) is 18.1. The van der Waals surface area contributed by atoms with Crippen molar-refractivity contribution in [2.24, 2.45) is 0 Å². The van der Waals surface area contributed by atoms with Gasteiger partial charge in [-0.25, -0.2) is 0 Å². The first kappa shape index (κ1) is 18.3. The van der Waals surface area contributed by atoms with Crippen molar-refractivity contribution >= 4 is 23.2 Å². The summed E-state index contributed by atoms with van der Waals surface area (Å²) in [5, 5.41) is 5.80. The molecule has 0 unspecified atom stereocenters. The van der Waals surface area contributed by atoms with Crippen LogP contribution in [-0.2, 0) is 17.5 Å². The van der Waals surface area contributed by atoms with Gasteiger partial charge in [0.25, 0.3) is 0 Å². The molecule has 1 aromatic heterocycles. The summed E-state index contributed by atoms with van der Waals surface area (Å²) in [6.45, 7) is 5.22. The van der Waals surface area contributed by atoms with Gasteiger partial charge in [-0.05, 0) is 38.0 Å². The average molecular weight is 360 g/mol. The molecule has 1 N–H and O–H groups in total. The second-order valence-electron chi connectivity index (χ2n) is 5.59. The van der Waals surface area contributed by atoms with E-state index in [1.807, 2.05) is 32.0 Å². The number of rotatable bonds is 4. The molecule has 24 heavy (non-hydrogen) atoms. The van der Waals surface area contributed by atoms with Crippen LogP contribution in [0, 0.1) is 20.8 Å². The molecule has 0 aliphatic rings. The summed E-state index contributed by atoms with van der Waals surface area (Å²) in [7, 11) is 0. The predicted octanol–water partition coefficient (Wildman–Crippen LogP) is 4.51. The molecule has 8 heteroatoms. The van der Waals surface area contributed by atoms with Gasteiger partial charge in [0.2, 0.25) is 5.91 Å². The van der Waals surface area contributed by atoms with Crippen molar-refractivity contribution in [3.05, 3.63) is 45.7 Å². The zero-order valence-corrected chi connectivity index (χ0v) is 14.2. The molecule has 1 heterocycles. The van der Waals surface area contributed by atoms with E-state index >= 15 is 0 Å². The Morgan fingerprint density at radius 2 is 1.96 bits per heavy atom. The summed E-state index contributed by atoms with van der Waals surface area (Å²) in [6.07, 6.45) is -4.63. The van der Waals surface area contributed by atoms with Gasteiger partial charge < -0.3 is 5.32 Å². The Morgan fingerprint density at radius 3 is 2.54 bits per heavy atom. The number of aromatic nitrogens is 2. The van der Waals surface area contributed by atoms with Crippen LogP contribution in [-0.4, -0.2) is 15.7 Å². The number of hydrogen-bond acceptors (Lipinski definition) is 2. The van der Waals surface area contributed by atoms with Gasteiger partial charge in [-0.3, -0.25) is 9.48 Å². The van der Waals surface area contributed by atoms with Gasteiger partial charge in [0.1, 0.15) is 0 Å². The highest BCUT2D eigenvalue weighted by molar-refractivity contribution is 6.31. The molecule has 0 bridgehead atoms. The van der Waals surface area contributed by atoms with Crippen molar-refractivity contribution in [3.8, 4) is 0 Å². The van der Waals surface area contributed by atoms with Gasteiger partial charge in [0, 0.05) is 12.1 Å². The number of nitrogens with zero attached hydrogens (tertiary/aromatic N) is 2. The first-order valence-corrected chi connectivity index (χ1v) is 7.64. The lowest BCUT2D eigenvalue weighted by molar-refractivity contribution is -0.141. The Labute approximate surface area is 142 Å². The second-order valence-corrected chi connectivity index (χ2v) is 5.96. The summed E-state index contributed by atoms with van der Waals surface area (Å²) >= 11 is 5.68. The fourth-order valence-electron chi connectivity index (χ4n) is 2.21. The molecule has 0 atom stereocenters. The molecule has 0 aliphatic carbocycles. The van der Waals surface area contributed by atoms with Crippen LogP contribution in [0.4, 0.5) is 18.9 Å². The minimum atomic E-state index is -4.62. The third-order valence-corrected chi connectivity index (χ3v) is 4.07. The molecule has 2 rings (SSSR count). The standard InChI is InChI=1S/C16H17ClF3N3O/c1-9-4-5-10(2)12(8-9)21-13(24)6-7-23-11(3)14(17)15(22-23)16(18,19)20/h4-5,8H,6-7H2,1-3H3,(H,21,24). The smallest absolute Gasteiger partial charge is 0.326 e. The van der Waals surface area contributed by atoms with Crippen LogP contribution >= 0.6 is 11.6 Å². The number of hydrogen-bond donors (Lipinski definition) is 1. The Kier molecular flexibility index (Phi) is 5.22. The monoisotopic (exact) mass is 359 g/mol. The fraction of sp³-hybridized carbons (Fsp3) is 0.375. The van der Waals surface area contributed by atoms with Crippen LogP contribution in [0.3, 0.4) is 0 Å². The van der Waals surface area contributed by atoms with E-state index in [2.05, 4.69) is 10.4 Å². The maximum Gasteiger partial charge on any atom is 0.436 e. The lowest BCUT2D eigenvalue weighted by Crippen LogP contribution is -2.16. The van der Waals surface area contributed by atoms with Crippen LogP contribution in [0.1, 0.15) is 28.9 Å². The van der Waals surface area contributed by atoms with Crippen LogP contribution in [0.5, 0.6) is 0 Å². The highest BCUT2D eigenvalue weighted by Crippen LogP contribution is 2.35. The van der Waals surface area contributed by atoms with Crippen LogP contribution in [0.15, 0.2) is 18.2 Å². The van der Waals surface area contributed by atoms with Crippen molar-refractivity contribution < 1.29 is 18.0 Å². The maximum absolute atomic E-state index is 12.8. The van der Waals surface area contributed by atoms with E-state index < -0.39 is 16.9 Å². The zero-order valence-electron chi connectivity index (χ0n) is 13.5.